The standard InChI is InChI=1S/C19H27N3O3/c1-14-4-2-3-5-17(14)21-19(24)20-16-8-6-15(7-9-16)18(23)22-10-12-25-13-11-22/h6-9,14,17H,2-5,10-13H2,1H3,(H2,20,21,24). The lowest BCUT2D eigenvalue weighted by Gasteiger charge is -2.29. The molecule has 1 aromatic rings. The van der Waals surface area contributed by atoms with E-state index in [1.807, 2.05) is 0 Å². The highest BCUT2D eigenvalue weighted by Crippen LogP contribution is 2.23. The number of ether oxygens (including phenoxy) is 1. The predicted molar refractivity (Wildman–Crippen MR) is 96.7 cm³/mol. The van der Waals surface area contributed by atoms with E-state index < -0.39 is 0 Å². The lowest BCUT2D eigenvalue weighted by atomic mass is 9.86. The van der Waals surface area contributed by atoms with E-state index in [1.54, 1.807) is 29.2 Å². The molecule has 2 N–H and O–H groups in total. The molecule has 2 fully saturated rings. The van der Waals surface area contributed by atoms with Crippen LogP contribution in [0, 0.1) is 5.92 Å². The van der Waals surface area contributed by atoms with Crippen molar-refractivity contribution < 1.29 is 14.3 Å². The maximum atomic E-state index is 12.4. The molecule has 2 aliphatic rings. The highest BCUT2D eigenvalue weighted by molar-refractivity contribution is 5.95. The highest BCUT2D eigenvalue weighted by atomic mass is 16.5. The first-order valence-electron chi connectivity index (χ1n) is 9.18. The monoisotopic (exact) mass is 345 g/mol. The average Bonchev–Trinajstić information content (AvgIpc) is 2.64. The summed E-state index contributed by atoms with van der Waals surface area (Å²) in [5.74, 6) is 0.531. The lowest BCUT2D eigenvalue weighted by molar-refractivity contribution is 0.0303. The summed E-state index contributed by atoms with van der Waals surface area (Å²) in [6.07, 6.45) is 4.64. The molecule has 0 aromatic heterocycles. The zero-order chi connectivity index (χ0) is 17.6. The Labute approximate surface area is 148 Å². The van der Waals surface area contributed by atoms with Crippen LogP contribution in [0.3, 0.4) is 0 Å². The van der Waals surface area contributed by atoms with Crippen LogP contribution in [-0.2, 0) is 4.74 Å². The molecular formula is C19H27N3O3. The number of carbonyl (C=O) groups excluding carboxylic acids is 2. The minimum absolute atomic E-state index is 0.00957. The molecule has 0 radical (unpaired) electrons. The van der Waals surface area contributed by atoms with Gasteiger partial charge >= 0.3 is 6.03 Å². The number of hydrogen-bond acceptors (Lipinski definition) is 3. The first-order valence-corrected chi connectivity index (χ1v) is 9.18. The second-order valence-electron chi connectivity index (χ2n) is 6.95. The zero-order valence-electron chi connectivity index (χ0n) is 14.8. The molecule has 1 heterocycles. The summed E-state index contributed by atoms with van der Waals surface area (Å²) < 4.78 is 5.27. The van der Waals surface area contributed by atoms with E-state index in [4.69, 9.17) is 4.74 Å². The van der Waals surface area contributed by atoms with Crippen molar-refractivity contribution >= 4 is 17.6 Å². The number of urea groups is 1. The van der Waals surface area contributed by atoms with Crippen LogP contribution >= 0.6 is 0 Å². The van der Waals surface area contributed by atoms with Crippen molar-refractivity contribution in [3.8, 4) is 0 Å². The molecule has 3 rings (SSSR count). The smallest absolute Gasteiger partial charge is 0.319 e. The Morgan fingerprint density at radius 2 is 1.76 bits per heavy atom. The number of rotatable bonds is 3. The van der Waals surface area contributed by atoms with E-state index in [1.165, 1.54) is 19.3 Å². The van der Waals surface area contributed by atoms with Crippen molar-refractivity contribution in [3.63, 3.8) is 0 Å². The van der Waals surface area contributed by atoms with Crippen LogP contribution in [0.2, 0.25) is 0 Å². The van der Waals surface area contributed by atoms with Crippen LogP contribution in [-0.4, -0.2) is 49.2 Å². The van der Waals surface area contributed by atoms with Crippen LogP contribution in [0.15, 0.2) is 24.3 Å². The van der Waals surface area contributed by atoms with Crippen molar-refractivity contribution in [1.82, 2.24) is 10.2 Å². The van der Waals surface area contributed by atoms with E-state index in [9.17, 15) is 9.59 Å². The number of carbonyl (C=O) groups is 2. The van der Waals surface area contributed by atoms with Crippen LogP contribution < -0.4 is 10.6 Å². The van der Waals surface area contributed by atoms with E-state index in [2.05, 4.69) is 17.6 Å². The van der Waals surface area contributed by atoms with Crippen molar-refractivity contribution in [2.75, 3.05) is 31.6 Å². The maximum absolute atomic E-state index is 12.4. The van der Waals surface area contributed by atoms with Crippen LogP contribution in [0.25, 0.3) is 0 Å². The Bertz CT molecular complexity index is 596. The molecule has 2 unspecified atom stereocenters. The van der Waals surface area contributed by atoms with Gasteiger partial charge in [-0.05, 0) is 43.0 Å². The minimum Gasteiger partial charge on any atom is -0.378 e. The molecule has 6 nitrogen and oxygen atoms in total. The van der Waals surface area contributed by atoms with Crippen LogP contribution in [0.5, 0.6) is 0 Å². The van der Waals surface area contributed by atoms with Crippen molar-refractivity contribution in [2.24, 2.45) is 5.92 Å². The minimum atomic E-state index is -0.175. The summed E-state index contributed by atoms with van der Waals surface area (Å²) in [7, 11) is 0. The van der Waals surface area contributed by atoms with Crippen molar-refractivity contribution in [3.05, 3.63) is 29.8 Å². The first-order chi connectivity index (χ1) is 12.1. The Morgan fingerprint density at radius 1 is 1.08 bits per heavy atom. The first kappa shape index (κ1) is 17.7. The molecule has 1 aromatic carbocycles. The van der Waals surface area contributed by atoms with Crippen molar-refractivity contribution in [1.29, 1.82) is 0 Å². The summed E-state index contributed by atoms with van der Waals surface area (Å²) in [4.78, 5) is 26.4. The Hall–Kier alpha value is -2.08. The molecule has 2 atom stereocenters. The summed E-state index contributed by atoms with van der Waals surface area (Å²) in [6, 6.07) is 7.14. The molecule has 0 spiro atoms. The third kappa shape index (κ3) is 4.72. The molecular weight excluding hydrogens is 318 g/mol. The topological polar surface area (TPSA) is 70.7 Å². The van der Waals surface area contributed by atoms with Gasteiger partial charge in [-0.25, -0.2) is 4.79 Å². The molecule has 0 bridgehead atoms. The summed E-state index contributed by atoms with van der Waals surface area (Å²) in [6.45, 7) is 4.62. The fourth-order valence-corrected chi connectivity index (χ4v) is 3.51. The van der Waals surface area contributed by atoms with Gasteiger partial charge in [-0.2, -0.15) is 0 Å². The number of nitrogens with one attached hydrogen (secondary N) is 2. The second-order valence-corrected chi connectivity index (χ2v) is 6.95. The number of nitrogens with zero attached hydrogens (tertiary/aromatic N) is 1. The maximum Gasteiger partial charge on any atom is 0.319 e. The van der Waals surface area contributed by atoms with E-state index in [0.717, 1.165) is 6.42 Å². The SMILES string of the molecule is CC1CCCCC1NC(=O)Nc1ccc(C(=O)N2CCOCC2)cc1. The van der Waals surface area contributed by atoms with Gasteiger partial charge < -0.3 is 20.3 Å². The van der Waals surface area contributed by atoms with Gasteiger partial charge in [0.1, 0.15) is 0 Å². The molecule has 136 valence electrons. The summed E-state index contributed by atoms with van der Waals surface area (Å²) in [5.41, 5.74) is 1.33. The molecule has 1 saturated carbocycles. The number of amides is 3. The molecule has 25 heavy (non-hydrogen) atoms. The largest absolute Gasteiger partial charge is 0.378 e. The molecule has 1 saturated heterocycles. The Kier molecular flexibility index (Phi) is 5.91. The second kappa shape index (κ2) is 8.34. The fourth-order valence-electron chi connectivity index (χ4n) is 3.51. The third-order valence-electron chi connectivity index (χ3n) is 5.12. The molecule has 6 heteroatoms. The van der Waals surface area contributed by atoms with Gasteiger partial charge in [-0.1, -0.05) is 19.8 Å². The zero-order valence-corrected chi connectivity index (χ0v) is 14.8. The number of anilines is 1. The van der Waals surface area contributed by atoms with E-state index in [-0.39, 0.29) is 18.0 Å². The molecule has 1 aliphatic carbocycles. The van der Waals surface area contributed by atoms with Gasteiger partial charge in [0.15, 0.2) is 0 Å². The Morgan fingerprint density at radius 3 is 2.44 bits per heavy atom. The van der Waals surface area contributed by atoms with Gasteiger partial charge in [-0.15, -0.1) is 0 Å². The lowest BCUT2D eigenvalue weighted by Crippen LogP contribution is -2.43. The van der Waals surface area contributed by atoms with Gasteiger partial charge in [0, 0.05) is 30.4 Å². The summed E-state index contributed by atoms with van der Waals surface area (Å²) >= 11 is 0. The van der Waals surface area contributed by atoms with Crippen LogP contribution in [0.4, 0.5) is 10.5 Å². The average molecular weight is 345 g/mol. The fraction of sp³-hybridized carbons (Fsp3) is 0.579. The highest BCUT2D eigenvalue weighted by Gasteiger charge is 2.23. The molecule has 1 aliphatic heterocycles. The van der Waals surface area contributed by atoms with E-state index in [0.29, 0.717) is 43.5 Å². The number of benzene rings is 1. The quantitative estimate of drug-likeness (QED) is 0.885. The number of morpholine rings is 1. The normalized spacial score (nSPS) is 23.8. The van der Waals surface area contributed by atoms with Gasteiger partial charge in [0.05, 0.1) is 13.2 Å². The van der Waals surface area contributed by atoms with Crippen LogP contribution in [0.1, 0.15) is 43.0 Å². The van der Waals surface area contributed by atoms with E-state index >= 15 is 0 Å². The predicted octanol–water partition coefficient (Wildman–Crippen LogP) is 2.86. The molecule has 3 amide bonds. The van der Waals surface area contributed by atoms with Gasteiger partial charge in [-0.3, -0.25) is 4.79 Å². The summed E-state index contributed by atoms with van der Waals surface area (Å²) in [5, 5.41) is 5.93. The van der Waals surface area contributed by atoms with Gasteiger partial charge in [0.25, 0.3) is 5.91 Å². The van der Waals surface area contributed by atoms with Gasteiger partial charge in [0.2, 0.25) is 0 Å². The Balaban J connectivity index is 1.53. The third-order valence-corrected chi connectivity index (χ3v) is 5.12. The number of hydrogen-bond donors (Lipinski definition) is 2. The van der Waals surface area contributed by atoms with Crippen molar-refractivity contribution in [2.45, 2.75) is 38.6 Å².